The lowest BCUT2D eigenvalue weighted by Crippen LogP contribution is -2.26. The summed E-state index contributed by atoms with van der Waals surface area (Å²) in [7, 11) is 1.75. The molecule has 0 aliphatic carbocycles. The second-order valence-corrected chi connectivity index (χ2v) is 6.11. The van der Waals surface area contributed by atoms with Gasteiger partial charge in [-0.1, -0.05) is 41.9 Å². The van der Waals surface area contributed by atoms with E-state index in [1.54, 1.807) is 23.7 Å². The van der Waals surface area contributed by atoms with Crippen LogP contribution in [0.25, 0.3) is 0 Å². The van der Waals surface area contributed by atoms with Crippen molar-refractivity contribution in [2.75, 3.05) is 11.9 Å². The van der Waals surface area contributed by atoms with E-state index in [-0.39, 0.29) is 11.2 Å². The van der Waals surface area contributed by atoms with Crippen LogP contribution in [0.2, 0.25) is 5.02 Å². The topological polar surface area (TPSA) is 20.3 Å². The summed E-state index contributed by atoms with van der Waals surface area (Å²) >= 11 is 7.64. The quantitative estimate of drug-likeness (QED) is 0.785. The van der Waals surface area contributed by atoms with E-state index in [9.17, 15) is 4.79 Å². The average Bonchev–Trinajstić information content (AvgIpc) is 2.59. The number of anilines is 1. The van der Waals surface area contributed by atoms with Gasteiger partial charge < -0.3 is 4.90 Å². The molecule has 2 aromatic rings. The van der Waals surface area contributed by atoms with Gasteiger partial charge in [0.15, 0.2) is 0 Å². The van der Waals surface area contributed by atoms with E-state index in [1.807, 2.05) is 48.5 Å². The summed E-state index contributed by atoms with van der Waals surface area (Å²) < 4.78 is 0. The highest BCUT2D eigenvalue weighted by Crippen LogP contribution is 2.45. The number of rotatable bonds is 1. The standard InChI is InChI=1S/C16H12ClNOS/c1-18-13-9-12(17)7-8-14(13)20-15(10-16(18)19)11-5-3-2-4-6-11/h2-9,15H,1H3/t15-/m1/s1. The largest absolute Gasteiger partial charge is 0.314 e. The zero-order valence-electron chi connectivity index (χ0n) is 10.8. The zero-order chi connectivity index (χ0) is 14.1. The highest BCUT2D eigenvalue weighted by molar-refractivity contribution is 7.99. The number of halogens is 1. The van der Waals surface area contributed by atoms with Gasteiger partial charge in [-0.05, 0) is 23.8 Å². The Morgan fingerprint density at radius 1 is 1.20 bits per heavy atom. The molecule has 2 aromatic carbocycles. The lowest BCUT2D eigenvalue weighted by atomic mass is 10.1. The molecule has 0 saturated carbocycles. The van der Waals surface area contributed by atoms with Crippen LogP contribution in [0.3, 0.4) is 0 Å². The molecule has 100 valence electrons. The Morgan fingerprint density at radius 3 is 2.70 bits per heavy atom. The van der Waals surface area contributed by atoms with Crippen LogP contribution in [0.15, 0.2) is 53.4 Å². The van der Waals surface area contributed by atoms with Gasteiger partial charge in [0.05, 0.1) is 17.4 Å². The summed E-state index contributed by atoms with van der Waals surface area (Å²) in [6, 6.07) is 15.5. The number of fused-ring (bicyclic) bond motifs is 1. The van der Waals surface area contributed by atoms with Crippen molar-refractivity contribution >= 4 is 35.0 Å². The molecule has 1 heterocycles. The highest BCUT2D eigenvalue weighted by atomic mass is 35.5. The van der Waals surface area contributed by atoms with Crippen molar-refractivity contribution < 1.29 is 4.79 Å². The second kappa shape index (κ2) is 5.51. The molecule has 0 fully saturated rings. The third kappa shape index (κ3) is 2.56. The normalized spacial score (nSPS) is 18.6. The predicted octanol–water partition coefficient (Wildman–Crippen LogP) is 4.23. The van der Waals surface area contributed by atoms with Gasteiger partial charge in [-0.3, -0.25) is 4.79 Å². The van der Waals surface area contributed by atoms with Gasteiger partial charge in [0.1, 0.15) is 0 Å². The van der Waals surface area contributed by atoms with Gasteiger partial charge in [-0.25, -0.2) is 0 Å². The Labute approximate surface area is 127 Å². The molecule has 1 aliphatic heterocycles. The molecule has 3 rings (SSSR count). The Kier molecular flexibility index (Phi) is 3.72. The lowest BCUT2D eigenvalue weighted by Gasteiger charge is -2.16. The van der Waals surface area contributed by atoms with Crippen molar-refractivity contribution in [3.63, 3.8) is 0 Å². The van der Waals surface area contributed by atoms with Crippen LogP contribution >= 0.6 is 23.4 Å². The molecule has 4 heteroatoms. The maximum atomic E-state index is 12.2. The Hall–Kier alpha value is -1.45. The highest BCUT2D eigenvalue weighted by Gasteiger charge is 2.28. The molecular formula is C16H12ClNOS. The van der Waals surface area contributed by atoms with E-state index in [0.717, 1.165) is 16.1 Å². The van der Waals surface area contributed by atoms with E-state index in [4.69, 9.17) is 11.6 Å². The molecule has 20 heavy (non-hydrogen) atoms. The fourth-order valence-corrected chi connectivity index (χ4v) is 3.44. The van der Waals surface area contributed by atoms with Crippen molar-refractivity contribution in [2.45, 2.75) is 10.1 Å². The summed E-state index contributed by atoms with van der Waals surface area (Å²) in [6.45, 7) is 0. The van der Waals surface area contributed by atoms with E-state index in [0.29, 0.717) is 5.02 Å². The first kappa shape index (κ1) is 13.5. The molecule has 0 spiro atoms. The molecule has 2 nitrogen and oxygen atoms in total. The molecule has 2 radical (unpaired) electrons. The van der Waals surface area contributed by atoms with Crippen molar-refractivity contribution in [3.05, 3.63) is 65.5 Å². The summed E-state index contributed by atoms with van der Waals surface area (Å²) in [5, 5.41) is 0.524. The number of thioether (sulfide) groups is 1. The number of carbonyl (C=O) groups excluding carboxylic acids is 1. The number of carbonyl (C=O) groups is 1. The molecule has 0 N–H and O–H groups in total. The summed E-state index contributed by atoms with van der Waals surface area (Å²) in [6.07, 6.45) is 3.02. The molecular weight excluding hydrogens is 290 g/mol. The van der Waals surface area contributed by atoms with E-state index < -0.39 is 0 Å². The van der Waals surface area contributed by atoms with Gasteiger partial charge in [-0.15, -0.1) is 11.8 Å². The summed E-state index contributed by atoms with van der Waals surface area (Å²) in [5.74, 6) is -0.132. The first-order valence-electron chi connectivity index (χ1n) is 6.20. The van der Waals surface area contributed by atoms with Gasteiger partial charge in [0, 0.05) is 17.0 Å². The van der Waals surface area contributed by atoms with Gasteiger partial charge in [0.25, 0.3) is 0 Å². The van der Waals surface area contributed by atoms with Gasteiger partial charge in [0.2, 0.25) is 5.91 Å². The van der Waals surface area contributed by atoms with Crippen LogP contribution in [-0.2, 0) is 4.79 Å². The van der Waals surface area contributed by atoms with Crippen LogP contribution < -0.4 is 4.90 Å². The minimum absolute atomic E-state index is 0.103. The van der Waals surface area contributed by atoms with Crippen molar-refractivity contribution in [3.8, 4) is 0 Å². The number of amides is 1. The summed E-state index contributed by atoms with van der Waals surface area (Å²) in [5.41, 5.74) is 1.90. The molecule has 1 amide bonds. The van der Waals surface area contributed by atoms with E-state index in [2.05, 4.69) is 6.42 Å². The van der Waals surface area contributed by atoms with Crippen LogP contribution in [0.4, 0.5) is 5.69 Å². The number of hydrogen-bond donors (Lipinski definition) is 0. The first-order valence-corrected chi connectivity index (χ1v) is 7.46. The Balaban J connectivity index is 2.03. The number of nitrogens with zero attached hydrogens (tertiary/aromatic N) is 1. The van der Waals surface area contributed by atoms with Crippen molar-refractivity contribution in [1.29, 1.82) is 0 Å². The second-order valence-electron chi connectivity index (χ2n) is 4.53. The molecule has 1 atom stereocenters. The fourth-order valence-electron chi connectivity index (χ4n) is 2.11. The molecule has 1 aliphatic rings. The number of hydrogen-bond acceptors (Lipinski definition) is 2. The summed E-state index contributed by atoms with van der Waals surface area (Å²) in [4.78, 5) is 14.9. The van der Waals surface area contributed by atoms with Gasteiger partial charge in [-0.2, -0.15) is 0 Å². The van der Waals surface area contributed by atoms with E-state index in [1.165, 1.54) is 0 Å². The molecule has 0 bridgehead atoms. The third-order valence-corrected chi connectivity index (χ3v) is 4.65. The average molecular weight is 302 g/mol. The van der Waals surface area contributed by atoms with Crippen molar-refractivity contribution in [2.24, 2.45) is 0 Å². The first-order chi connectivity index (χ1) is 9.65. The Bertz CT molecular complexity index is 644. The minimum atomic E-state index is -0.132. The third-order valence-electron chi connectivity index (χ3n) is 3.19. The van der Waals surface area contributed by atoms with Crippen LogP contribution in [0.5, 0.6) is 0 Å². The fraction of sp³-hybridized carbons (Fsp3) is 0.125. The Morgan fingerprint density at radius 2 is 1.95 bits per heavy atom. The smallest absolute Gasteiger partial charge is 0.236 e. The van der Waals surface area contributed by atoms with Crippen molar-refractivity contribution in [1.82, 2.24) is 0 Å². The maximum absolute atomic E-state index is 12.2. The monoisotopic (exact) mass is 301 g/mol. The van der Waals surface area contributed by atoms with E-state index >= 15 is 0 Å². The maximum Gasteiger partial charge on any atom is 0.236 e. The molecule has 0 aromatic heterocycles. The number of benzene rings is 2. The lowest BCUT2D eigenvalue weighted by molar-refractivity contribution is -0.115. The molecule has 0 unspecified atom stereocenters. The molecule has 0 saturated heterocycles. The van der Waals surface area contributed by atoms with Crippen LogP contribution in [-0.4, -0.2) is 13.0 Å². The SMILES string of the molecule is CN1C(=O)[C][C@H](c2ccccc2)Sc2ccc(Cl)cc21. The van der Waals surface area contributed by atoms with Gasteiger partial charge >= 0.3 is 0 Å². The van der Waals surface area contributed by atoms with Crippen LogP contribution in [0.1, 0.15) is 10.8 Å². The zero-order valence-corrected chi connectivity index (χ0v) is 12.4. The van der Waals surface area contributed by atoms with Crippen LogP contribution in [0, 0.1) is 6.42 Å². The minimum Gasteiger partial charge on any atom is -0.314 e. The predicted molar refractivity (Wildman–Crippen MR) is 83.1 cm³/mol.